The number of carbonyl (C=O) groups is 3. The third-order valence-electron chi connectivity index (χ3n) is 5.81. The Balaban J connectivity index is 1.92. The summed E-state index contributed by atoms with van der Waals surface area (Å²) in [6.45, 7) is 3.13. The molecule has 0 fully saturated rings. The zero-order chi connectivity index (χ0) is 23.5. The summed E-state index contributed by atoms with van der Waals surface area (Å²) in [4.78, 5) is 41.6. The lowest BCUT2D eigenvalue weighted by Crippen LogP contribution is -2.48. The van der Waals surface area contributed by atoms with Crippen molar-refractivity contribution in [1.82, 2.24) is 0 Å². The fraction of sp³-hybridized carbons (Fsp3) is 0.148. The molecule has 33 heavy (non-hydrogen) atoms. The van der Waals surface area contributed by atoms with Crippen LogP contribution < -0.4 is 10.2 Å². The number of benzene rings is 3. The van der Waals surface area contributed by atoms with Gasteiger partial charge in [0.05, 0.1) is 0 Å². The lowest BCUT2D eigenvalue weighted by molar-refractivity contribution is -0.132. The van der Waals surface area contributed by atoms with Crippen LogP contribution in [0.5, 0.6) is 0 Å². The van der Waals surface area contributed by atoms with Crippen LogP contribution in [-0.2, 0) is 14.4 Å². The molecule has 1 N–H and O–H groups in total. The highest BCUT2D eigenvalue weighted by Crippen LogP contribution is 2.43. The minimum absolute atomic E-state index is 0.307. The zero-order valence-corrected chi connectivity index (χ0v) is 19.0. The first-order valence-corrected chi connectivity index (χ1v) is 11.0. The molecule has 5 nitrogen and oxygen atoms in total. The van der Waals surface area contributed by atoms with Gasteiger partial charge >= 0.3 is 0 Å². The molecule has 166 valence electrons. The maximum absolute atomic E-state index is 13.7. The minimum atomic E-state index is -1.05. The van der Waals surface area contributed by atoms with Gasteiger partial charge in [0.25, 0.3) is 5.91 Å². The number of amides is 2. The molecule has 3 aromatic carbocycles. The molecule has 0 aliphatic carbocycles. The minimum Gasteiger partial charge on any atom is -0.322 e. The molecular formula is C27H23ClN2O3. The monoisotopic (exact) mass is 458 g/mol. The number of hydrogen-bond donors (Lipinski definition) is 1. The Hall–Kier alpha value is -3.70. The number of nitrogens with zero attached hydrogens (tertiary/aromatic N) is 1. The normalized spacial score (nSPS) is 18.3. The lowest BCUT2D eigenvalue weighted by Gasteiger charge is -2.39. The highest BCUT2D eigenvalue weighted by atomic mass is 35.5. The second-order valence-electron chi connectivity index (χ2n) is 7.95. The number of allylic oxidation sites excluding steroid dienone is 1. The molecule has 6 heteroatoms. The molecule has 0 spiro atoms. The van der Waals surface area contributed by atoms with Gasteiger partial charge in [-0.25, -0.2) is 0 Å². The Morgan fingerprint density at radius 1 is 0.879 bits per heavy atom. The van der Waals surface area contributed by atoms with Gasteiger partial charge in [0, 0.05) is 33.6 Å². The third-order valence-corrected chi connectivity index (χ3v) is 6.07. The van der Waals surface area contributed by atoms with E-state index in [0.29, 0.717) is 33.2 Å². The number of para-hydroxylation sites is 2. The van der Waals surface area contributed by atoms with Crippen LogP contribution in [0.1, 0.15) is 25.3 Å². The number of hydrogen-bond acceptors (Lipinski definition) is 3. The molecule has 1 aliphatic heterocycles. The van der Waals surface area contributed by atoms with E-state index in [1.807, 2.05) is 36.4 Å². The quantitative estimate of drug-likeness (QED) is 0.507. The summed E-state index contributed by atoms with van der Waals surface area (Å²) in [5, 5.41) is 3.46. The number of ketones is 1. The molecule has 0 saturated carbocycles. The Bertz CT molecular complexity index is 1220. The van der Waals surface area contributed by atoms with Crippen LogP contribution in [0.3, 0.4) is 0 Å². The van der Waals surface area contributed by atoms with Gasteiger partial charge in [-0.05, 0) is 55.8 Å². The van der Waals surface area contributed by atoms with Crippen LogP contribution in [0.4, 0.5) is 11.4 Å². The molecule has 2 atom stereocenters. The van der Waals surface area contributed by atoms with Crippen LogP contribution in [-0.4, -0.2) is 17.6 Å². The Morgan fingerprint density at radius 3 is 2.03 bits per heavy atom. The second-order valence-corrected chi connectivity index (χ2v) is 8.38. The Labute approximate surface area is 197 Å². The number of carbonyl (C=O) groups excluding carboxylic acids is 3. The first-order chi connectivity index (χ1) is 15.9. The van der Waals surface area contributed by atoms with Crippen molar-refractivity contribution in [3.63, 3.8) is 0 Å². The van der Waals surface area contributed by atoms with Crippen molar-refractivity contribution in [2.75, 3.05) is 10.2 Å². The van der Waals surface area contributed by atoms with E-state index in [4.69, 9.17) is 11.6 Å². The predicted octanol–water partition coefficient (Wildman–Crippen LogP) is 5.59. The smallest absolute Gasteiger partial charge is 0.254 e. The van der Waals surface area contributed by atoms with E-state index in [0.717, 1.165) is 0 Å². The standard InChI is InChI=1S/C27H23ClN2O3/c1-17-23(26(32)29-21-9-5-3-6-10-21)25(19-13-15-20(28)16-14-19)24(18(2)31)27(33)30(17)22-11-7-4-8-12-22/h3-16,24-25H,1-2H3,(H,29,32)/t24-,25+/m1/s1. The molecule has 0 unspecified atom stereocenters. The van der Waals surface area contributed by atoms with Crippen molar-refractivity contribution in [3.8, 4) is 0 Å². The van der Waals surface area contributed by atoms with Gasteiger partial charge in [-0.2, -0.15) is 0 Å². The first-order valence-electron chi connectivity index (χ1n) is 10.6. The molecule has 1 aliphatic rings. The van der Waals surface area contributed by atoms with Crippen molar-refractivity contribution in [3.05, 3.63) is 107 Å². The van der Waals surface area contributed by atoms with Crippen LogP contribution in [0.15, 0.2) is 96.2 Å². The van der Waals surface area contributed by atoms with Gasteiger partial charge < -0.3 is 5.32 Å². The van der Waals surface area contributed by atoms with Gasteiger partial charge in [0.2, 0.25) is 5.91 Å². The van der Waals surface area contributed by atoms with Crippen LogP contribution in [0.2, 0.25) is 5.02 Å². The maximum atomic E-state index is 13.7. The number of Topliss-reactive ketones (excluding diaryl/α,β-unsaturated/α-hetero) is 1. The number of anilines is 2. The van der Waals surface area contributed by atoms with Gasteiger partial charge in [0.15, 0.2) is 0 Å². The van der Waals surface area contributed by atoms with Gasteiger partial charge in [-0.1, -0.05) is 60.1 Å². The van der Waals surface area contributed by atoms with E-state index in [2.05, 4.69) is 5.32 Å². The third kappa shape index (κ3) is 4.45. The van der Waals surface area contributed by atoms with Gasteiger partial charge in [0.1, 0.15) is 11.7 Å². The molecule has 0 radical (unpaired) electrons. The molecule has 0 saturated heterocycles. The molecule has 0 bridgehead atoms. The topological polar surface area (TPSA) is 66.5 Å². The van der Waals surface area contributed by atoms with Gasteiger partial charge in [-0.3, -0.25) is 19.3 Å². The molecular weight excluding hydrogens is 436 g/mol. The number of nitrogens with one attached hydrogen (secondary N) is 1. The summed E-state index contributed by atoms with van der Waals surface area (Å²) >= 11 is 6.08. The SMILES string of the molecule is CC(=O)[C@H]1C(=O)N(c2ccccc2)C(C)=C(C(=O)Nc2ccccc2)[C@@H]1c1ccc(Cl)cc1. The molecule has 2 amide bonds. The summed E-state index contributed by atoms with van der Waals surface area (Å²) in [5.74, 6) is -2.82. The molecule has 3 aromatic rings. The number of rotatable bonds is 5. The van der Waals surface area contributed by atoms with Crippen LogP contribution >= 0.6 is 11.6 Å². The molecule has 0 aromatic heterocycles. The van der Waals surface area contributed by atoms with Crippen molar-refractivity contribution in [2.24, 2.45) is 5.92 Å². The lowest BCUT2D eigenvalue weighted by atomic mass is 9.74. The van der Waals surface area contributed by atoms with E-state index in [1.165, 1.54) is 11.8 Å². The van der Waals surface area contributed by atoms with E-state index in [1.54, 1.807) is 55.5 Å². The summed E-state index contributed by atoms with van der Waals surface area (Å²) in [6.07, 6.45) is 0. The summed E-state index contributed by atoms with van der Waals surface area (Å²) in [7, 11) is 0. The largest absolute Gasteiger partial charge is 0.322 e. The Kier molecular flexibility index (Phi) is 6.43. The maximum Gasteiger partial charge on any atom is 0.254 e. The fourth-order valence-corrected chi connectivity index (χ4v) is 4.45. The molecule has 4 rings (SSSR count). The van der Waals surface area contributed by atoms with Crippen molar-refractivity contribution < 1.29 is 14.4 Å². The first kappa shape index (κ1) is 22.5. The van der Waals surface area contributed by atoms with E-state index in [9.17, 15) is 14.4 Å². The van der Waals surface area contributed by atoms with Crippen molar-refractivity contribution >= 4 is 40.6 Å². The Morgan fingerprint density at radius 2 is 1.45 bits per heavy atom. The number of halogens is 1. The van der Waals surface area contributed by atoms with E-state index >= 15 is 0 Å². The zero-order valence-electron chi connectivity index (χ0n) is 18.3. The predicted molar refractivity (Wildman–Crippen MR) is 130 cm³/mol. The summed E-state index contributed by atoms with van der Waals surface area (Å²) < 4.78 is 0. The average molecular weight is 459 g/mol. The van der Waals surface area contributed by atoms with E-state index in [-0.39, 0.29) is 17.6 Å². The van der Waals surface area contributed by atoms with E-state index < -0.39 is 11.8 Å². The highest BCUT2D eigenvalue weighted by molar-refractivity contribution is 6.30. The highest BCUT2D eigenvalue weighted by Gasteiger charge is 2.46. The summed E-state index contributed by atoms with van der Waals surface area (Å²) in [5.41, 5.74) is 2.76. The fourth-order valence-electron chi connectivity index (χ4n) is 4.32. The summed E-state index contributed by atoms with van der Waals surface area (Å²) in [6, 6.07) is 25.1. The molecule has 1 heterocycles. The second kappa shape index (κ2) is 9.43. The van der Waals surface area contributed by atoms with Crippen molar-refractivity contribution in [1.29, 1.82) is 0 Å². The van der Waals surface area contributed by atoms with Crippen LogP contribution in [0.25, 0.3) is 0 Å². The van der Waals surface area contributed by atoms with Gasteiger partial charge in [-0.15, -0.1) is 0 Å². The average Bonchev–Trinajstić information content (AvgIpc) is 2.80. The van der Waals surface area contributed by atoms with Crippen LogP contribution in [0, 0.1) is 5.92 Å². The van der Waals surface area contributed by atoms with Crippen molar-refractivity contribution in [2.45, 2.75) is 19.8 Å².